The van der Waals surface area contributed by atoms with Crippen molar-refractivity contribution < 1.29 is 38.2 Å². The quantitative estimate of drug-likeness (QED) is 0.569. The lowest BCUT2D eigenvalue weighted by Crippen LogP contribution is -2.72. The highest BCUT2D eigenvalue weighted by atomic mass is 16.8. The first-order chi connectivity index (χ1) is 13.4. The topological polar surface area (TPSA) is 92.7 Å². The van der Waals surface area contributed by atoms with E-state index in [1.54, 1.807) is 6.92 Å². The predicted octanol–water partition coefficient (Wildman–Crippen LogP) is 0.0713. The molecule has 7 atom stereocenters. The molecule has 0 amide bonds. The minimum Gasteiger partial charge on any atom is -0.469 e. The van der Waals surface area contributed by atoms with Crippen LogP contribution in [0.2, 0.25) is 0 Å². The molecule has 1 N–H and O–H groups in total. The fourth-order valence-electron chi connectivity index (χ4n) is 5.03. The van der Waals surface area contributed by atoms with Gasteiger partial charge in [-0.05, 0) is 12.4 Å². The number of ether oxygens (including phenoxy) is 4. The van der Waals surface area contributed by atoms with Crippen LogP contribution in [0.1, 0.15) is 13.3 Å². The van der Waals surface area contributed by atoms with Gasteiger partial charge in [0, 0.05) is 20.6 Å². The number of aliphatic hydroxyl groups excluding tert-OH is 1. The summed E-state index contributed by atoms with van der Waals surface area (Å²) in [6.45, 7) is 1.80. The van der Waals surface area contributed by atoms with E-state index in [0.717, 1.165) is 5.46 Å². The molecule has 152 valence electrons. The molecule has 2 heterocycles. The first kappa shape index (κ1) is 19.8. The van der Waals surface area contributed by atoms with Crippen LogP contribution in [0.4, 0.5) is 0 Å². The monoisotopic (exact) mass is 392 g/mol. The Morgan fingerprint density at radius 3 is 2.43 bits per heavy atom. The largest absolute Gasteiger partial charge is 0.494 e. The van der Waals surface area contributed by atoms with Gasteiger partial charge in [0.05, 0.1) is 30.3 Å². The molecule has 0 unspecified atom stereocenters. The Bertz CT molecular complexity index is 732. The number of hydrogen-bond acceptors (Lipinski definition) is 8. The van der Waals surface area contributed by atoms with Gasteiger partial charge in [-0.25, -0.2) is 0 Å². The molecule has 1 aliphatic carbocycles. The van der Waals surface area contributed by atoms with E-state index in [2.05, 4.69) is 0 Å². The van der Waals surface area contributed by atoms with Crippen molar-refractivity contribution in [3.63, 3.8) is 0 Å². The standard InChI is InChI=1S/C19H25BO8/c1-18-12(21)10-19(28-20(27-18)11-8-6-5-7-9-11)13(15(22)23-2)16(24-3)26-17(25-4)14(18)19/h5-9,12-14,16-17,21H,10H2,1-4H3/t12-,13-,14+,16+,17+,18-,19-/m0/s1. The molecule has 3 aliphatic rings. The first-order valence-electron chi connectivity index (χ1n) is 9.28. The average molecular weight is 392 g/mol. The van der Waals surface area contributed by atoms with Gasteiger partial charge in [0.25, 0.3) is 0 Å². The molecular weight excluding hydrogens is 367 g/mol. The van der Waals surface area contributed by atoms with E-state index in [1.165, 1.54) is 21.3 Å². The molecule has 1 aromatic rings. The third-order valence-electron chi connectivity index (χ3n) is 6.34. The van der Waals surface area contributed by atoms with Gasteiger partial charge in [-0.3, -0.25) is 4.79 Å². The molecule has 3 fully saturated rings. The third-order valence-corrected chi connectivity index (χ3v) is 6.34. The Morgan fingerprint density at radius 2 is 1.82 bits per heavy atom. The molecule has 4 rings (SSSR count). The van der Waals surface area contributed by atoms with Crippen molar-refractivity contribution in [2.45, 2.75) is 43.2 Å². The highest BCUT2D eigenvalue weighted by Crippen LogP contribution is 2.60. The van der Waals surface area contributed by atoms with Crippen molar-refractivity contribution in [1.82, 2.24) is 0 Å². The zero-order valence-electron chi connectivity index (χ0n) is 16.4. The molecule has 2 saturated heterocycles. The van der Waals surface area contributed by atoms with Gasteiger partial charge < -0.3 is 33.4 Å². The van der Waals surface area contributed by atoms with Crippen LogP contribution in [0.25, 0.3) is 0 Å². The molecule has 2 bridgehead atoms. The zero-order valence-corrected chi connectivity index (χ0v) is 16.4. The summed E-state index contributed by atoms with van der Waals surface area (Å²) in [6, 6.07) is 9.41. The van der Waals surface area contributed by atoms with Gasteiger partial charge in [-0.15, -0.1) is 0 Å². The van der Waals surface area contributed by atoms with Crippen molar-refractivity contribution in [2.75, 3.05) is 21.3 Å². The van der Waals surface area contributed by atoms with Crippen LogP contribution in [0.3, 0.4) is 0 Å². The van der Waals surface area contributed by atoms with E-state index < -0.39 is 54.8 Å². The first-order valence-corrected chi connectivity index (χ1v) is 9.28. The van der Waals surface area contributed by atoms with Gasteiger partial charge in [0.15, 0.2) is 12.6 Å². The maximum atomic E-state index is 12.8. The highest BCUT2D eigenvalue weighted by molar-refractivity contribution is 6.61. The molecule has 1 aromatic carbocycles. The van der Waals surface area contributed by atoms with Crippen LogP contribution in [-0.4, -0.2) is 69.4 Å². The van der Waals surface area contributed by atoms with Gasteiger partial charge in [-0.1, -0.05) is 30.3 Å². The molecule has 0 radical (unpaired) electrons. The van der Waals surface area contributed by atoms with Crippen LogP contribution >= 0.6 is 0 Å². The molecule has 1 saturated carbocycles. The van der Waals surface area contributed by atoms with Crippen molar-refractivity contribution in [2.24, 2.45) is 11.8 Å². The van der Waals surface area contributed by atoms with E-state index in [1.807, 2.05) is 30.3 Å². The third kappa shape index (κ3) is 2.65. The number of hydrogen-bond donors (Lipinski definition) is 1. The summed E-state index contributed by atoms with van der Waals surface area (Å²) in [5.41, 5.74) is -1.40. The van der Waals surface area contributed by atoms with E-state index in [4.69, 9.17) is 28.3 Å². The summed E-state index contributed by atoms with van der Waals surface area (Å²) >= 11 is 0. The summed E-state index contributed by atoms with van der Waals surface area (Å²) < 4.78 is 34.7. The average Bonchev–Trinajstić information content (AvgIpc) is 2.86. The zero-order chi connectivity index (χ0) is 20.1. The Labute approximate surface area is 164 Å². The Kier molecular flexibility index (Phi) is 5.02. The smallest absolute Gasteiger partial charge is 0.469 e. The molecule has 9 heteroatoms. The second-order valence-corrected chi connectivity index (χ2v) is 7.66. The van der Waals surface area contributed by atoms with Crippen LogP contribution in [0.5, 0.6) is 0 Å². The normalized spacial score (nSPS) is 42.2. The van der Waals surface area contributed by atoms with Crippen LogP contribution < -0.4 is 5.46 Å². The van der Waals surface area contributed by atoms with E-state index >= 15 is 0 Å². The highest BCUT2D eigenvalue weighted by Gasteiger charge is 2.76. The Balaban J connectivity index is 1.85. The molecule has 28 heavy (non-hydrogen) atoms. The van der Waals surface area contributed by atoms with Crippen molar-refractivity contribution in [3.05, 3.63) is 30.3 Å². The molecule has 0 spiro atoms. The predicted molar refractivity (Wildman–Crippen MR) is 97.4 cm³/mol. The van der Waals surface area contributed by atoms with Gasteiger partial charge in [-0.2, -0.15) is 0 Å². The lowest BCUT2D eigenvalue weighted by Gasteiger charge is -2.56. The number of benzene rings is 1. The number of methoxy groups -OCH3 is 3. The minimum atomic E-state index is -1.14. The van der Waals surface area contributed by atoms with Crippen molar-refractivity contribution >= 4 is 18.6 Å². The molecule has 8 nitrogen and oxygen atoms in total. The number of rotatable bonds is 4. The summed E-state index contributed by atoms with van der Waals surface area (Å²) in [5, 5.41) is 11.0. The Hall–Kier alpha value is -1.49. The van der Waals surface area contributed by atoms with E-state index in [9.17, 15) is 9.90 Å². The van der Waals surface area contributed by atoms with Gasteiger partial charge >= 0.3 is 13.1 Å². The summed E-state index contributed by atoms with van der Waals surface area (Å²) in [7, 11) is 3.49. The lowest BCUT2D eigenvalue weighted by molar-refractivity contribution is -0.354. The van der Waals surface area contributed by atoms with Crippen LogP contribution in [0, 0.1) is 11.8 Å². The van der Waals surface area contributed by atoms with E-state index in [-0.39, 0.29) is 6.42 Å². The van der Waals surface area contributed by atoms with Gasteiger partial charge in [0.2, 0.25) is 0 Å². The maximum Gasteiger partial charge on any atom is 0.494 e. The minimum absolute atomic E-state index is 0.167. The maximum absolute atomic E-state index is 12.8. The fourth-order valence-corrected chi connectivity index (χ4v) is 5.03. The summed E-state index contributed by atoms with van der Waals surface area (Å²) in [4.78, 5) is 12.8. The number of carbonyl (C=O) groups excluding carboxylic acids is 1. The fraction of sp³-hybridized carbons (Fsp3) is 0.632. The number of esters is 1. The molecule has 2 aliphatic heterocycles. The van der Waals surface area contributed by atoms with Crippen molar-refractivity contribution in [3.8, 4) is 0 Å². The van der Waals surface area contributed by atoms with Gasteiger partial charge in [0.1, 0.15) is 5.92 Å². The van der Waals surface area contributed by atoms with Crippen LogP contribution in [-0.2, 0) is 33.1 Å². The SMILES string of the molecule is COC(=O)[C@H]1[C@H](OC)O[C@@H](OC)[C@@H]2[C@@]3(C)OB(c4ccccc4)O[C@]21C[C@@H]3O. The lowest BCUT2D eigenvalue weighted by atomic mass is 9.65. The number of carbonyl (C=O) groups is 1. The van der Waals surface area contributed by atoms with E-state index in [0.29, 0.717) is 0 Å². The molecule has 0 aromatic heterocycles. The van der Waals surface area contributed by atoms with Crippen LogP contribution in [0.15, 0.2) is 30.3 Å². The molecular formula is C19H25BO8. The Morgan fingerprint density at radius 1 is 1.14 bits per heavy atom. The number of aliphatic hydroxyl groups is 1. The van der Waals surface area contributed by atoms with Crippen molar-refractivity contribution in [1.29, 1.82) is 0 Å². The summed E-state index contributed by atoms with van der Waals surface area (Å²) in [6.07, 6.45) is -2.46. The summed E-state index contributed by atoms with van der Waals surface area (Å²) in [5.74, 6) is -2.00. The second-order valence-electron chi connectivity index (χ2n) is 7.66. The second kappa shape index (κ2) is 7.09.